The van der Waals surface area contributed by atoms with Gasteiger partial charge in [-0.15, -0.1) is 0 Å². The first kappa shape index (κ1) is 15.8. The Morgan fingerprint density at radius 2 is 2.14 bits per heavy atom. The van der Waals surface area contributed by atoms with E-state index >= 15 is 0 Å². The van der Waals surface area contributed by atoms with Crippen LogP contribution in [0.3, 0.4) is 0 Å². The highest BCUT2D eigenvalue weighted by Gasteiger charge is 2.31. The molecular formula is C17H26N2O2. The van der Waals surface area contributed by atoms with Crippen molar-refractivity contribution in [2.24, 2.45) is 0 Å². The monoisotopic (exact) mass is 290 g/mol. The van der Waals surface area contributed by atoms with Crippen LogP contribution < -0.4 is 4.74 Å². The predicted octanol–water partition coefficient (Wildman–Crippen LogP) is 2.23. The average molecular weight is 290 g/mol. The molecule has 1 saturated heterocycles. The Bertz CT molecular complexity index is 500. The molecule has 4 heteroatoms. The molecule has 1 fully saturated rings. The van der Waals surface area contributed by atoms with Crippen molar-refractivity contribution in [1.82, 2.24) is 9.80 Å². The number of carbonyl (C=O) groups is 1. The third kappa shape index (κ3) is 3.97. The van der Waals surface area contributed by atoms with Gasteiger partial charge in [-0.1, -0.05) is 12.1 Å². The molecule has 1 aromatic carbocycles. The van der Waals surface area contributed by atoms with Gasteiger partial charge in [-0.05, 0) is 50.4 Å². The van der Waals surface area contributed by atoms with Crippen molar-refractivity contribution in [1.29, 1.82) is 0 Å². The number of likely N-dealkylation sites (tertiary alicyclic amines) is 1. The minimum atomic E-state index is 0.0298. The van der Waals surface area contributed by atoms with Gasteiger partial charge in [-0.3, -0.25) is 9.69 Å². The van der Waals surface area contributed by atoms with Crippen LogP contribution in [0.25, 0.3) is 0 Å². The minimum Gasteiger partial charge on any atom is -0.492 e. The second kappa shape index (κ2) is 6.94. The molecule has 21 heavy (non-hydrogen) atoms. The quantitative estimate of drug-likeness (QED) is 0.834. The Hall–Kier alpha value is -1.55. The summed E-state index contributed by atoms with van der Waals surface area (Å²) in [5.74, 6) is 1.16. The summed E-state index contributed by atoms with van der Waals surface area (Å²) in [7, 11) is 3.65. The number of amides is 1. The molecule has 1 aliphatic rings. The van der Waals surface area contributed by atoms with Crippen molar-refractivity contribution >= 4 is 5.91 Å². The van der Waals surface area contributed by atoms with Crippen molar-refractivity contribution < 1.29 is 9.53 Å². The summed E-state index contributed by atoms with van der Waals surface area (Å²) < 4.78 is 5.90. The first-order valence-electron chi connectivity index (χ1n) is 7.64. The molecule has 2 rings (SSSR count). The highest BCUT2D eigenvalue weighted by atomic mass is 16.5. The first-order valence-corrected chi connectivity index (χ1v) is 7.64. The molecule has 0 N–H and O–H groups in total. The van der Waals surface area contributed by atoms with Crippen LogP contribution in [-0.4, -0.2) is 55.5 Å². The van der Waals surface area contributed by atoms with E-state index in [1.54, 1.807) is 4.90 Å². The van der Waals surface area contributed by atoms with Crippen molar-refractivity contribution in [2.45, 2.75) is 32.7 Å². The third-order valence-corrected chi connectivity index (χ3v) is 4.07. The second-order valence-electron chi connectivity index (χ2n) is 6.04. The Morgan fingerprint density at radius 3 is 2.86 bits per heavy atom. The maximum absolute atomic E-state index is 12.1. The molecule has 0 radical (unpaired) electrons. The van der Waals surface area contributed by atoms with Gasteiger partial charge in [0.15, 0.2) is 0 Å². The van der Waals surface area contributed by atoms with Gasteiger partial charge in [0.05, 0.1) is 6.04 Å². The van der Waals surface area contributed by atoms with E-state index in [4.69, 9.17) is 4.74 Å². The van der Waals surface area contributed by atoms with Gasteiger partial charge in [0.1, 0.15) is 12.4 Å². The molecule has 1 heterocycles. The number of nitrogens with zero attached hydrogens (tertiary/aromatic N) is 2. The average Bonchev–Trinajstić information content (AvgIpc) is 2.90. The lowest BCUT2D eigenvalue weighted by molar-refractivity contribution is -0.133. The van der Waals surface area contributed by atoms with Crippen molar-refractivity contribution in [3.8, 4) is 5.75 Å². The molecule has 0 spiro atoms. The van der Waals surface area contributed by atoms with E-state index in [0.717, 1.165) is 37.2 Å². The largest absolute Gasteiger partial charge is 0.492 e. The fourth-order valence-corrected chi connectivity index (χ4v) is 2.81. The van der Waals surface area contributed by atoms with Crippen molar-refractivity contribution in [2.75, 3.05) is 33.8 Å². The van der Waals surface area contributed by atoms with Crippen LogP contribution in [0.4, 0.5) is 0 Å². The molecule has 0 aromatic heterocycles. The fraction of sp³-hybridized carbons (Fsp3) is 0.588. The topological polar surface area (TPSA) is 32.8 Å². The molecule has 0 saturated carbocycles. The molecule has 1 aliphatic heterocycles. The summed E-state index contributed by atoms with van der Waals surface area (Å²) in [4.78, 5) is 16.1. The van der Waals surface area contributed by atoms with Crippen LogP contribution in [0.15, 0.2) is 18.2 Å². The van der Waals surface area contributed by atoms with Gasteiger partial charge in [-0.2, -0.15) is 0 Å². The number of ether oxygens (including phenoxy) is 1. The summed E-state index contributed by atoms with van der Waals surface area (Å²) >= 11 is 0. The molecule has 0 bridgehead atoms. The summed E-state index contributed by atoms with van der Waals surface area (Å²) in [5.41, 5.74) is 2.36. The van der Waals surface area contributed by atoms with Crippen LogP contribution >= 0.6 is 0 Å². The maximum Gasteiger partial charge on any atom is 0.239 e. The number of hydrogen-bond acceptors (Lipinski definition) is 3. The van der Waals surface area contributed by atoms with Crippen LogP contribution in [0.2, 0.25) is 0 Å². The molecule has 116 valence electrons. The number of rotatable bonds is 5. The van der Waals surface area contributed by atoms with Gasteiger partial charge in [0.25, 0.3) is 0 Å². The molecule has 1 aromatic rings. The molecule has 0 aliphatic carbocycles. The maximum atomic E-state index is 12.1. The van der Waals surface area contributed by atoms with E-state index in [2.05, 4.69) is 36.9 Å². The van der Waals surface area contributed by atoms with Crippen LogP contribution in [0.1, 0.15) is 24.0 Å². The fourth-order valence-electron chi connectivity index (χ4n) is 2.81. The lowest BCUT2D eigenvalue weighted by atomic mass is 10.1. The number of aryl methyl sites for hydroxylation is 2. The molecular weight excluding hydrogens is 264 g/mol. The van der Waals surface area contributed by atoms with Crippen LogP contribution in [0.5, 0.6) is 5.75 Å². The lowest BCUT2D eigenvalue weighted by Gasteiger charge is -2.26. The van der Waals surface area contributed by atoms with Crippen molar-refractivity contribution in [3.05, 3.63) is 29.3 Å². The van der Waals surface area contributed by atoms with Gasteiger partial charge in [0, 0.05) is 20.6 Å². The summed E-state index contributed by atoms with van der Waals surface area (Å²) in [6, 6.07) is 6.27. The Kier molecular flexibility index (Phi) is 5.23. The van der Waals surface area contributed by atoms with E-state index in [1.807, 2.05) is 14.1 Å². The second-order valence-corrected chi connectivity index (χ2v) is 6.04. The van der Waals surface area contributed by atoms with E-state index in [-0.39, 0.29) is 11.9 Å². The summed E-state index contributed by atoms with van der Waals surface area (Å²) in [6.07, 6.45) is 2.05. The number of benzene rings is 1. The van der Waals surface area contributed by atoms with Gasteiger partial charge >= 0.3 is 0 Å². The minimum absolute atomic E-state index is 0.0298. The molecule has 1 amide bonds. The Balaban J connectivity index is 1.88. The Labute approximate surface area is 127 Å². The summed E-state index contributed by atoms with van der Waals surface area (Å²) in [6.45, 7) is 6.54. The van der Waals surface area contributed by atoms with E-state index < -0.39 is 0 Å². The zero-order valence-corrected chi connectivity index (χ0v) is 13.6. The normalized spacial score (nSPS) is 18.8. The zero-order valence-electron chi connectivity index (χ0n) is 13.6. The zero-order chi connectivity index (χ0) is 15.4. The van der Waals surface area contributed by atoms with Crippen LogP contribution in [0, 0.1) is 13.8 Å². The number of carbonyl (C=O) groups excluding carboxylic acids is 1. The van der Waals surface area contributed by atoms with Crippen LogP contribution in [-0.2, 0) is 4.79 Å². The van der Waals surface area contributed by atoms with Gasteiger partial charge < -0.3 is 9.64 Å². The van der Waals surface area contributed by atoms with E-state index in [9.17, 15) is 4.79 Å². The lowest BCUT2D eigenvalue weighted by Crippen LogP contribution is -2.44. The van der Waals surface area contributed by atoms with Gasteiger partial charge in [0.2, 0.25) is 5.91 Å². The SMILES string of the molecule is Cc1ccc(C)c(OCCN2CCCC2C(=O)N(C)C)c1. The van der Waals surface area contributed by atoms with Gasteiger partial charge in [-0.25, -0.2) is 0 Å². The number of hydrogen-bond donors (Lipinski definition) is 0. The van der Waals surface area contributed by atoms with E-state index in [1.165, 1.54) is 5.56 Å². The molecule has 1 atom stereocenters. The van der Waals surface area contributed by atoms with E-state index in [0.29, 0.717) is 6.61 Å². The highest BCUT2D eigenvalue weighted by molar-refractivity contribution is 5.81. The predicted molar refractivity (Wildman–Crippen MR) is 84.7 cm³/mol. The highest BCUT2D eigenvalue weighted by Crippen LogP contribution is 2.21. The Morgan fingerprint density at radius 1 is 1.38 bits per heavy atom. The molecule has 4 nitrogen and oxygen atoms in total. The smallest absolute Gasteiger partial charge is 0.239 e. The molecule has 1 unspecified atom stereocenters. The first-order chi connectivity index (χ1) is 9.99. The standard InChI is InChI=1S/C17H26N2O2/c1-13-7-8-14(2)16(12-13)21-11-10-19-9-5-6-15(19)17(20)18(3)4/h7-8,12,15H,5-6,9-11H2,1-4H3. The third-order valence-electron chi connectivity index (χ3n) is 4.07. The number of likely N-dealkylation sites (N-methyl/N-ethyl adjacent to an activating group) is 1. The summed E-state index contributed by atoms with van der Waals surface area (Å²) in [5, 5.41) is 0. The van der Waals surface area contributed by atoms with Crippen molar-refractivity contribution in [3.63, 3.8) is 0 Å².